The van der Waals surface area contributed by atoms with E-state index in [1.54, 1.807) is 0 Å². The summed E-state index contributed by atoms with van der Waals surface area (Å²) < 4.78 is 0.860. The topological polar surface area (TPSA) is 96.6 Å². The van der Waals surface area contributed by atoms with Crippen LogP contribution in [0.4, 0.5) is 4.79 Å². The molecule has 0 unspecified atom stereocenters. The summed E-state index contributed by atoms with van der Waals surface area (Å²) in [4.78, 5) is 33.3. The van der Waals surface area contributed by atoms with Crippen molar-refractivity contribution in [3.8, 4) is 0 Å². The Morgan fingerprint density at radius 2 is 2.00 bits per heavy atom. The molecule has 0 saturated carbocycles. The Balaban J connectivity index is 2.96. The Morgan fingerprint density at radius 1 is 1.31 bits per heavy atom. The molecule has 6 nitrogen and oxygen atoms in total. The van der Waals surface area contributed by atoms with Crippen LogP contribution in [0.25, 0.3) is 10.2 Å². The summed E-state index contributed by atoms with van der Waals surface area (Å²) in [6, 6.07) is 1.46. The van der Waals surface area contributed by atoms with Gasteiger partial charge in [-0.3, -0.25) is 9.36 Å². The number of pyridine rings is 1. The summed E-state index contributed by atoms with van der Waals surface area (Å²) in [6.45, 7) is 0. The second kappa shape index (κ2) is 3.46. The van der Waals surface area contributed by atoms with E-state index in [0.717, 1.165) is 22.1 Å². The van der Waals surface area contributed by atoms with Crippen molar-refractivity contribution in [2.75, 3.05) is 0 Å². The van der Waals surface area contributed by atoms with Crippen LogP contribution in [0.1, 0.15) is 10.4 Å². The summed E-state index contributed by atoms with van der Waals surface area (Å²) in [6.07, 6.45) is -0.506. The molecule has 0 fully saturated rings. The van der Waals surface area contributed by atoms with Crippen LogP contribution in [0, 0.1) is 0 Å². The lowest BCUT2D eigenvalue weighted by molar-refractivity contribution is 0.0695. The van der Waals surface area contributed by atoms with Gasteiger partial charge in [-0.15, -0.1) is 11.3 Å². The molecule has 0 aliphatic heterocycles. The average Bonchev–Trinajstić information content (AvgIpc) is 2.66. The van der Waals surface area contributed by atoms with Gasteiger partial charge in [0.2, 0.25) is 5.43 Å². The molecule has 0 saturated heterocycles. The van der Waals surface area contributed by atoms with E-state index in [0.29, 0.717) is 0 Å². The summed E-state index contributed by atoms with van der Waals surface area (Å²) >= 11 is 1.02. The number of aromatic nitrogens is 1. The van der Waals surface area contributed by atoms with E-state index in [-0.39, 0.29) is 10.2 Å². The zero-order valence-electron chi connectivity index (χ0n) is 7.71. The molecule has 16 heavy (non-hydrogen) atoms. The maximum absolute atomic E-state index is 11.6. The molecule has 0 radical (unpaired) electrons. The highest BCUT2D eigenvalue weighted by Crippen LogP contribution is 2.17. The molecule has 0 aliphatic carbocycles. The highest BCUT2D eigenvalue weighted by molar-refractivity contribution is 7.17. The predicted octanol–water partition coefficient (Wildman–Crippen LogP) is 1.29. The van der Waals surface area contributed by atoms with Gasteiger partial charge in [0.15, 0.2) is 0 Å². The van der Waals surface area contributed by atoms with Crippen LogP contribution in [0.3, 0.4) is 0 Å². The third kappa shape index (κ3) is 1.38. The molecule has 2 aromatic heterocycles. The first-order valence-corrected chi connectivity index (χ1v) is 5.00. The third-order valence-corrected chi connectivity index (χ3v) is 2.95. The van der Waals surface area contributed by atoms with Gasteiger partial charge in [-0.2, -0.15) is 0 Å². The molecule has 7 heteroatoms. The van der Waals surface area contributed by atoms with E-state index >= 15 is 0 Å². The Morgan fingerprint density at radius 3 is 2.56 bits per heavy atom. The molecule has 2 aromatic rings. The van der Waals surface area contributed by atoms with Gasteiger partial charge in [0.1, 0.15) is 5.56 Å². The number of aromatic carboxylic acids is 1. The van der Waals surface area contributed by atoms with Crippen LogP contribution in [0.15, 0.2) is 22.4 Å². The largest absolute Gasteiger partial charge is 0.477 e. The van der Waals surface area contributed by atoms with Gasteiger partial charge in [0.25, 0.3) is 0 Å². The smallest absolute Gasteiger partial charge is 0.416 e. The maximum Gasteiger partial charge on any atom is 0.416 e. The minimum atomic E-state index is -1.43. The van der Waals surface area contributed by atoms with E-state index in [9.17, 15) is 14.4 Å². The normalized spacial score (nSPS) is 10.5. The first kappa shape index (κ1) is 10.4. The molecule has 2 heterocycles. The monoisotopic (exact) mass is 239 g/mol. The van der Waals surface area contributed by atoms with E-state index in [4.69, 9.17) is 10.2 Å². The van der Waals surface area contributed by atoms with Crippen LogP contribution in [0.5, 0.6) is 0 Å². The summed E-state index contributed by atoms with van der Waals surface area (Å²) in [7, 11) is 0. The quantitative estimate of drug-likeness (QED) is 0.781. The molecular formula is C9H5NO5S. The Bertz CT molecular complexity index is 653. The minimum Gasteiger partial charge on any atom is -0.477 e. The van der Waals surface area contributed by atoms with Crippen molar-refractivity contribution in [3.63, 3.8) is 0 Å². The summed E-state index contributed by atoms with van der Waals surface area (Å²) in [5.74, 6) is -1.43. The molecule has 0 atom stereocenters. The second-order valence-corrected chi connectivity index (χ2v) is 3.88. The van der Waals surface area contributed by atoms with Crippen molar-refractivity contribution < 1.29 is 19.8 Å². The van der Waals surface area contributed by atoms with Gasteiger partial charge in [0, 0.05) is 6.20 Å². The average molecular weight is 239 g/mol. The van der Waals surface area contributed by atoms with Gasteiger partial charge in [-0.25, -0.2) is 9.59 Å². The number of rotatable bonds is 1. The van der Waals surface area contributed by atoms with Crippen LogP contribution >= 0.6 is 11.3 Å². The second-order valence-electron chi connectivity index (χ2n) is 2.96. The SMILES string of the molecule is O=C(O)c1cn(C(=O)O)c2ccsc2c1=O. The zero-order chi connectivity index (χ0) is 11.9. The number of carbonyl (C=O) groups is 2. The number of carboxylic acids is 1. The third-order valence-electron chi connectivity index (χ3n) is 2.05. The minimum absolute atomic E-state index is 0.127. The van der Waals surface area contributed by atoms with E-state index in [1.165, 1.54) is 11.4 Å². The number of hydrogen-bond acceptors (Lipinski definition) is 4. The summed E-state index contributed by atoms with van der Waals surface area (Å²) in [5, 5.41) is 19.2. The van der Waals surface area contributed by atoms with Gasteiger partial charge in [0.05, 0.1) is 10.2 Å². The van der Waals surface area contributed by atoms with E-state index < -0.39 is 23.1 Å². The predicted molar refractivity (Wildman–Crippen MR) is 56.5 cm³/mol. The molecule has 0 aliphatic rings. The Hall–Kier alpha value is -2.15. The van der Waals surface area contributed by atoms with Crippen molar-refractivity contribution in [1.29, 1.82) is 0 Å². The lowest BCUT2D eigenvalue weighted by Gasteiger charge is -2.03. The molecular weight excluding hydrogens is 234 g/mol. The van der Waals surface area contributed by atoms with Gasteiger partial charge in [-0.05, 0) is 11.4 Å². The summed E-state index contributed by atoms with van der Waals surface area (Å²) in [5.41, 5.74) is -1.00. The van der Waals surface area contributed by atoms with Crippen LogP contribution < -0.4 is 5.43 Å². The number of carboxylic acid groups (broad SMARTS) is 2. The fourth-order valence-corrected chi connectivity index (χ4v) is 2.19. The van der Waals surface area contributed by atoms with Crippen LogP contribution in [0.2, 0.25) is 0 Å². The number of nitrogens with zero attached hydrogens (tertiary/aromatic N) is 1. The lowest BCUT2D eigenvalue weighted by Crippen LogP contribution is -2.20. The van der Waals surface area contributed by atoms with Gasteiger partial charge in [-0.1, -0.05) is 0 Å². The molecule has 0 spiro atoms. The molecule has 2 N–H and O–H groups in total. The fraction of sp³-hybridized carbons (Fsp3) is 0. The fourth-order valence-electron chi connectivity index (χ4n) is 1.35. The molecule has 0 amide bonds. The molecule has 0 aromatic carbocycles. The van der Waals surface area contributed by atoms with Gasteiger partial charge < -0.3 is 10.2 Å². The van der Waals surface area contributed by atoms with Gasteiger partial charge >= 0.3 is 12.1 Å². The Kier molecular flexibility index (Phi) is 2.24. The van der Waals surface area contributed by atoms with E-state index in [1.807, 2.05) is 0 Å². The maximum atomic E-state index is 11.6. The first-order valence-electron chi connectivity index (χ1n) is 4.12. The molecule has 2 rings (SSSR count). The lowest BCUT2D eigenvalue weighted by atomic mass is 10.2. The first-order chi connectivity index (χ1) is 7.52. The number of hydrogen-bond donors (Lipinski definition) is 2. The molecule has 82 valence electrons. The standard InChI is InChI=1S/C9H5NO5S/c11-6-4(8(12)13)3-10(9(14)15)5-1-2-16-7(5)6/h1-3H,(H,12,13)(H,14,15). The van der Waals surface area contributed by atoms with Crippen LogP contribution in [-0.4, -0.2) is 26.8 Å². The van der Waals surface area contributed by atoms with E-state index in [2.05, 4.69) is 0 Å². The highest BCUT2D eigenvalue weighted by Gasteiger charge is 2.17. The van der Waals surface area contributed by atoms with Crippen molar-refractivity contribution in [1.82, 2.24) is 4.57 Å². The van der Waals surface area contributed by atoms with Crippen molar-refractivity contribution in [2.45, 2.75) is 0 Å². The Labute approximate surface area is 92.0 Å². The van der Waals surface area contributed by atoms with Crippen molar-refractivity contribution in [3.05, 3.63) is 33.4 Å². The number of fused-ring (bicyclic) bond motifs is 1. The van der Waals surface area contributed by atoms with Crippen LogP contribution in [-0.2, 0) is 0 Å². The van der Waals surface area contributed by atoms with Crippen molar-refractivity contribution >= 4 is 33.6 Å². The number of thiophene rings is 1. The molecule has 0 bridgehead atoms. The van der Waals surface area contributed by atoms with Crippen molar-refractivity contribution in [2.24, 2.45) is 0 Å². The highest BCUT2D eigenvalue weighted by atomic mass is 32.1. The zero-order valence-corrected chi connectivity index (χ0v) is 8.52.